The van der Waals surface area contributed by atoms with Gasteiger partial charge in [-0.05, 0) is 12.1 Å². The minimum Gasteiger partial charge on any atom is -0.476 e. The Morgan fingerprint density at radius 2 is 2.30 bits per heavy atom. The van der Waals surface area contributed by atoms with E-state index in [1.807, 2.05) is 0 Å². The van der Waals surface area contributed by atoms with Crippen LogP contribution in [0.15, 0.2) is 23.6 Å². The molecule has 2 rings (SSSR count). The molecule has 7 nitrogen and oxygen atoms in total. The van der Waals surface area contributed by atoms with Crippen molar-refractivity contribution in [1.29, 1.82) is 0 Å². The van der Waals surface area contributed by atoms with Crippen LogP contribution in [0.5, 0.6) is 0 Å². The lowest BCUT2D eigenvalue weighted by Crippen LogP contribution is -2.04. The lowest BCUT2D eigenvalue weighted by molar-refractivity contribution is -0.386. The summed E-state index contributed by atoms with van der Waals surface area (Å²) in [5, 5.41) is 24.0. The first-order valence-electron chi connectivity index (χ1n) is 5.33. The van der Waals surface area contributed by atoms with Crippen LogP contribution in [0.3, 0.4) is 0 Å². The van der Waals surface area contributed by atoms with Crippen LogP contribution < -0.4 is 5.32 Å². The summed E-state index contributed by atoms with van der Waals surface area (Å²) in [6.45, 7) is 0.0717. The summed E-state index contributed by atoms with van der Waals surface area (Å²) in [5.74, 6) is -2.09. The molecule has 0 aliphatic rings. The fourth-order valence-corrected chi connectivity index (χ4v) is 2.21. The number of aromatic carboxylic acids is 1. The third-order valence-electron chi connectivity index (χ3n) is 2.37. The zero-order chi connectivity index (χ0) is 14.7. The van der Waals surface area contributed by atoms with Crippen LogP contribution in [0.4, 0.5) is 15.8 Å². The van der Waals surface area contributed by atoms with Gasteiger partial charge in [0.1, 0.15) is 10.7 Å². The van der Waals surface area contributed by atoms with Gasteiger partial charge in [-0.25, -0.2) is 9.78 Å². The lowest BCUT2D eigenvalue weighted by atomic mass is 10.2. The summed E-state index contributed by atoms with van der Waals surface area (Å²) < 4.78 is 13.4. The minimum atomic E-state index is -1.15. The Bertz CT molecular complexity index is 673. The van der Waals surface area contributed by atoms with Crippen molar-refractivity contribution in [1.82, 2.24) is 4.98 Å². The number of nitro groups is 1. The highest BCUT2D eigenvalue weighted by Gasteiger charge is 2.19. The Morgan fingerprint density at radius 3 is 2.90 bits per heavy atom. The summed E-state index contributed by atoms with van der Waals surface area (Å²) in [7, 11) is 0. The maximum Gasteiger partial charge on any atom is 0.355 e. The maximum atomic E-state index is 13.4. The maximum absolute atomic E-state index is 13.4. The molecule has 0 amide bonds. The highest BCUT2D eigenvalue weighted by Crippen LogP contribution is 2.27. The number of nitrogens with zero attached hydrogens (tertiary/aromatic N) is 2. The number of rotatable bonds is 5. The van der Waals surface area contributed by atoms with Crippen molar-refractivity contribution in [3.05, 3.63) is 50.2 Å². The van der Waals surface area contributed by atoms with Crippen LogP contribution in [-0.4, -0.2) is 21.0 Å². The number of carboxylic acids is 1. The van der Waals surface area contributed by atoms with Gasteiger partial charge in [-0.1, -0.05) is 6.07 Å². The molecule has 1 aromatic carbocycles. The first-order valence-corrected chi connectivity index (χ1v) is 6.21. The number of nitro benzene ring substituents is 1. The molecule has 0 saturated heterocycles. The molecule has 9 heteroatoms. The number of hydrogen-bond donors (Lipinski definition) is 2. The van der Waals surface area contributed by atoms with Gasteiger partial charge in [0.25, 0.3) is 0 Å². The number of benzene rings is 1. The number of para-hydroxylation sites is 1. The van der Waals surface area contributed by atoms with Crippen molar-refractivity contribution in [2.24, 2.45) is 0 Å². The van der Waals surface area contributed by atoms with Gasteiger partial charge in [0.15, 0.2) is 5.69 Å². The quantitative estimate of drug-likeness (QED) is 0.649. The predicted molar refractivity (Wildman–Crippen MR) is 69.5 cm³/mol. The molecule has 0 aliphatic carbocycles. The fraction of sp³-hybridized carbons (Fsp3) is 0.0909. The molecule has 0 radical (unpaired) electrons. The largest absolute Gasteiger partial charge is 0.476 e. The Balaban J connectivity index is 2.16. The highest BCUT2D eigenvalue weighted by molar-refractivity contribution is 7.09. The average Bonchev–Trinajstić information content (AvgIpc) is 2.84. The highest BCUT2D eigenvalue weighted by atomic mass is 32.1. The van der Waals surface area contributed by atoms with Crippen molar-refractivity contribution in [3.8, 4) is 0 Å². The summed E-state index contributed by atoms with van der Waals surface area (Å²) in [4.78, 5) is 24.4. The minimum absolute atomic E-state index is 0.0158. The Hall–Kier alpha value is -2.55. The molecular formula is C11H8FN3O4S. The third kappa shape index (κ3) is 2.88. The molecule has 1 aromatic heterocycles. The van der Waals surface area contributed by atoms with Gasteiger partial charge < -0.3 is 10.4 Å². The van der Waals surface area contributed by atoms with Crippen LogP contribution in [0.2, 0.25) is 0 Å². The normalized spacial score (nSPS) is 10.2. The average molecular weight is 297 g/mol. The van der Waals surface area contributed by atoms with Gasteiger partial charge in [0, 0.05) is 5.38 Å². The van der Waals surface area contributed by atoms with E-state index in [0.717, 1.165) is 17.4 Å². The molecule has 20 heavy (non-hydrogen) atoms. The first-order chi connectivity index (χ1) is 9.49. The van der Waals surface area contributed by atoms with E-state index >= 15 is 0 Å². The van der Waals surface area contributed by atoms with E-state index in [-0.39, 0.29) is 17.9 Å². The van der Waals surface area contributed by atoms with E-state index in [0.29, 0.717) is 5.01 Å². The third-order valence-corrected chi connectivity index (χ3v) is 3.22. The second-order valence-electron chi connectivity index (χ2n) is 3.68. The second kappa shape index (κ2) is 5.61. The van der Waals surface area contributed by atoms with Gasteiger partial charge in [-0.2, -0.15) is 4.39 Å². The van der Waals surface area contributed by atoms with Gasteiger partial charge >= 0.3 is 11.7 Å². The van der Waals surface area contributed by atoms with E-state index in [1.165, 1.54) is 17.5 Å². The molecule has 104 valence electrons. The number of carbonyl (C=O) groups is 1. The van der Waals surface area contributed by atoms with Crippen molar-refractivity contribution in [2.45, 2.75) is 6.54 Å². The molecule has 0 atom stereocenters. The van der Waals surface area contributed by atoms with Gasteiger partial charge in [0.05, 0.1) is 11.5 Å². The summed E-state index contributed by atoms with van der Waals surface area (Å²) >= 11 is 1.10. The Kier molecular flexibility index (Phi) is 3.89. The molecule has 0 fully saturated rings. The zero-order valence-corrected chi connectivity index (χ0v) is 10.7. The number of halogens is 1. The molecule has 2 aromatic rings. The van der Waals surface area contributed by atoms with Crippen LogP contribution in [0.1, 0.15) is 15.5 Å². The van der Waals surface area contributed by atoms with Crippen LogP contribution >= 0.6 is 11.3 Å². The van der Waals surface area contributed by atoms with Crippen LogP contribution in [-0.2, 0) is 6.54 Å². The SMILES string of the molecule is O=C(O)c1csc(CNc2cccc(F)c2[N+](=O)[O-])n1. The topological polar surface area (TPSA) is 105 Å². The first kappa shape index (κ1) is 13.9. The monoisotopic (exact) mass is 297 g/mol. The molecular weight excluding hydrogens is 289 g/mol. The zero-order valence-electron chi connectivity index (χ0n) is 9.87. The number of hydrogen-bond acceptors (Lipinski definition) is 6. The van der Waals surface area contributed by atoms with Crippen LogP contribution in [0, 0.1) is 15.9 Å². The molecule has 0 spiro atoms. The summed E-state index contributed by atoms with van der Waals surface area (Å²) in [6, 6.07) is 3.71. The smallest absolute Gasteiger partial charge is 0.355 e. The van der Waals surface area contributed by atoms with Crippen molar-refractivity contribution >= 4 is 28.7 Å². The van der Waals surface area contributed by atoms with E-state index in [4.69, 9.17) is 5.11 Å². The van der Waals surface area contributed by atoms with Gasteiger partial charge in [0.2, 0.25) is 5.82 Å². The predicted octanol–water partition coefficient (Wildman–Crippen LogP) is 2.50. The molecule has 0 saturated carbocycles. The van der Waals surface area contributed by atoms with E-state index in [1.54, 1.807) is 0 Å². The van der Waals surface area contributed by atoms with Crippen molar-refractivity contribution in [3.63, 3.8) is 0 Å². The van der Waals surface area contributed by atoms with Crippen LogP contribution in [0.25, 0.3) is 0 Å². The van der Waals surface area contributed by atoms with Gasteiger partial charge in [-0.15, -0.1) is 11.3 Å². The van der Waals surface area contributed by atoms with E-state index in [9.17, 15) is 19.3 Å². The molecule has 2 N–H and O–H groups in total. The number of aromatic nitrogens is 1. The van der Waals surface area contributed by atoms with E-state index < -0.39 is 22.4 Å². The number of carboxylic acid groups (broad SMARTS) is 1. The Labute approximate surface area is 115 Å². The fourth-order valence-electron chi connectivity index (χ4n) is 1.50. The van der Waals surface area contributed by atoms with E-state index in [2.05, 4.69) is 10.3 Å². The summed E-state index contributed by atoms with van der Waals surface area (Å²) in [6.07, 6.45) is 0. The standard InChI is InChI=1S/C11H8FN3O4S/c12-6-2-1-3-7(10(6)15(18)19)13-4-9-14-8(5-20-9)11(16)17/h1-3,5,13H,4H2,(H,16,17). The molecule has 0 unspecified atom stereocenters. The van der Waals surface area contributed by atoms with Gasteiger partial charge in [-0.3, -0.25) is 10.1 Å². The Morgan fingerprint density at radius 1 is 1.55 bits per heavy atom. The molecule has 1 heterocycles. The lowest BCUT2D eigenvalue weighted by Gasteiger charge is -2.05. The number of nitrogens with one attached hydrogen (secondary N) is 1. The molecule has 0 aliphatic heterocycles. The summed E-state index contributed by atoms with van der Waals surface area (Å²) in [5.41, 5.74) is -0.731. The van der Waals surface area contributed by atoms with Crippen molar-refractivity contribution < 1.29 is 19.2 Å². The molecule has 0 bridgehead atoms. The number of anilines is 1. The number of thiazole rings is 1. The second-order valence-corrected chi connectivity index (χ2v) is 4.62. The van der Waals surface area contributed by atoms with Crippen molar-refractivity contribution in [2.75, 3.05) is 5.32 Å².